The molecule has 1 aromatic rings. The molecule has 0 heterocycles. The Morgan fingerprint density at radius 1 is 1.32 bits per heavy atom. The first-order chi connectivity index (χ1) is 9.24. The first-order valence-corrected chi connectivity index (χ1v) is 7.69. The molecule has 0 aromatic heterocycles. The number of methoxy groups -OCH3 is 1. The quantitative estimate of drug-likeness (QED) is 0.827. The molecular formula is C16H24ClNO. The second kappa shape index (κ2) is 7.16. The maximum absolute atomic E-state index is 6.11. The summed E-state index contributed by atoms with van der Waals surface area (Å²) < 4.78 is 5.33. The van der Waals surface area contributed by atoms with Crippen LogP contribution in [0.4, 0.5) is 0 Å². The van der Waals surface area contributed by atoms with E-state index in [-0.39, 0.29) is 0 Å². The van der Waals surface area contributed by atoms with Crippen LogP contribution in [0.25, 0.3) is 0 Å². The standard InChI is InChI=1S/C16H24ClNO/c1-3-18-14-7-5-4-6-12(10-14)13-8-9-15(17)16(11-13)19-2/h8-9,11-12,14,18H,3-7,10H2,1-2H3. The van der Waals surface area contributed by atoms with Crippen molar-refractivity contribution in [1.29, 1.82) is 0 Å². The fraction of sp³-hybridized carbons (Fsp3) is 0.625. The van der Waals surface area contributed by atoms with E-state index in [1.165, 1.54) is 37.7 Å². The van der Waals surface area contributed by atoms with Crippen LogP contribution in [0.5, 0.6) is 5.75 Å². The lowest BCUT2D eigenvalue weighted by Gasteiger charge is -2.21. The number of nitrogens with one attached hydrogen (secondary N) is 1. The lowest BCUT2D eigenvalue weighted by molar-refractivity contribution is 0.412. The van der Waals surface area contributed by atoms with E-state index in [0.29, 0.717) is 17.0 Å². The highest BCUT2D eigenvalue weighted by Crippen LogP contribution is 2.35. The summed E-state index contributed by atoms with van der Waals surface area (Å²) in [5.74, 6) is 1.42. The van der Waals surface area contributed by atoms with Gasteiger partial charge in [0.25, 0.3) is 0 Å². The van der Waals surface area contributed by atoms with Crippen molar-refractivity contribution in [2.24, 2.45) is 0 Å². The Hall–Kier alpha value is -0.730. The zero-order chi connectivity index (χ0) is 13.7. The van der Waals surface area contributed by atoms with Gasteiger partial charge in [0.1, 0.15) is 5.75 Å². The Labute approximate surface area is 121 Å². The molecule has 2 rings (SSSR count). The zero-order valence-electron chi connectivity index (χ0n) is 11.9. The Balaban J connectivity index is 2.14. The molecule has 0 spiro atoms. The van der Waals surface area contributed by atoms with Crippen molar-refractivity contribution in [2.75, 3.05) is 13.7 Å². The van der Waals surface area contributed by atoms with Gasteiger partial charge in [-0.25, -0.2) is 0 Å². The Morgan fingerprint density at radius 3 is 2.84 bits per heavy atom. The van der Waals surface area contributed by atoms with Crippen molar-refractivity contribution < 1.29 is 4.74 Å². The topological polar surface area (TPSA) is 21.3 Å². The van der Waals surface area contributed by atoms with E-state index in [4.69, 9.17) is 16.3 Å². The fourth-order valence-electron chi connectivity index (χ4n) is 3.07. The number of halogens is 1. The highest BCUT2D eigenvalue weighted by molar-refractivity contribution is 6.32. The Bertz CT molecular complexity index is 408. The number of hydrogen-bond acceptors (Lipinski definition) is 2. The minimum atomic E-state index is 0.623. The highest BCUT2D eigenvalue weighted by atomic mass is 35.5. The van der Waals surface area contributed by atoms with Gasteiger partial charge in [-0.05, 0) is 49.4 Å². The van der Waals surface area contributed by atoms with Gasteiger partial charge in [0.05, 0.1) is 12.1 Å². The third kappa shape index (κ3) is 3.87. The van der Waals surface area contributed by atoms with Gasteiger partial charge in [-0.1, -0.05) is 37.4 Å². The van der Waals surface area contributed by atoms with Gasteiger partial charge in [-0.3, -0.25) is 0 Å². The van der Waals surface area contributed by atoms with Crippen LogP contribution >= 0.6 is 11.6 Å². The van der Waals surface area contributed by atoms with E-state index in [2.05, 4.69) is 24.4 Å². The average Bonchev–Trinajstić information content (AvgIpc) is 2.65. The van der Waals surface area contributed by atoms with E-state index < -0.39 is 0 Å². The molecule has 106 valence electrons. The van der Waals surface area contributed by atoms with Crippen molar-refractivity contribution in [3.63, 3.8) is 0 Å². The van der Waals surface area contributed by atoms with Crippen LogP contribution in [0, 0.1) is 0 Å². The maximum Gasteiger partial charge on any atom is 0.137 e. The second-order valence-electron chi connectivity index (χ2n) is 5.37. The summed E-state index contributed by atoms with van der Waals surface area (Å²) in [4.78, 5) is 0. The van der Waals surface area contributed by atoms with Crippen LogP contribution in [0.1, 0.15) is 50.5 Å². The van der Waals surface area contributed by atoms with Crippen molar-refractivity contribution in [2.45, 2.75) is 51.0 Å². The van der Waals surface area contributed by atoms with Gasteiger partial charge in [-0.15, -0.1) is 0 Å². The molecular weight excluding hydrogens is 258 g/mol. The molecule has 0 amide bonds. The molecule has 0 aliphatic heterocycles. The third-order valence-corrected chi connectivity index (χ3v) is 4.38. The average molecular weight is 282 g/mol. The maximum atomic E-state index is 6.11. The summed E-state index contributed by atoms with van der Waals surface area (Å²) >= 11 is 6.11. The molecule has 0 saturated heterocycles. The summed E-state index contributed by atoms with van der Waals surface area (Å²) in [6.45, 7) is 3.24. The fourth-order valence-corrected chi connectivity index (χ4v) is 3.26. The van der Waals surface area contributed by atoms with Crippen LogP contribution < -0.4 is 10.1 Å². The van der Waals surface area contributed by atoms with Crippen molar-refractivity contribution in [3.05, 3.63) is 28.8 Å². The number of hydrogen-bond donors (Lipinski definition) is 1. The molecule has 0 bridgehead atoms. The van der Waals surface area contributed by atoms with Gasteiger partial charge in [0.2, 0.25) is 0 Å². The van der Waals surface area contributed by atoms with Crippen LogP contribution in [0.15, 0.2) is 18.2 Å². The third-order valence-electron chi connectivity index (χ3n) is 4.06. The van der Waals surface area contributed by atoms with Crippen LogP contribution in [-0.4, -0.2) is 19.7 Å². The van der Waals surface area contributed by atoms with Crippen LogP contribution in [0.2, 0.25) is 5.02 Å². The first kappa shape index (κ1) is 14.7. The van der Waals surface area contributed by atoms with Crippen LogP contribution in [-0.2, 0) is 0 Å². The first-order valence-electron chi connectivity index (χ1n) is 7.31. The monoisotopic (exact) mass is 281 g/mol. The molecule has 1 aliphatic carbocycles. The summed E-state index contributed by atoms with van der Waals surface area (Å²) in [6, 6.07) is 6.88. The van der Waals surface area contributed by atoms with Gasteiger partial charge >= 0.3 is 0 Å². The smallest absolute Gasteiger partial charge is 0.137 e. The lowest BCUT2D eigenvalue weighted by atomic mass is 9.90. The van der Waals surface area contributed by atoms with Gasteiger partial charge in [0.15, 0.2) is 0 Å². The summed E-state index contributed by atoms with van der Waals surface area (Å²) in [7, 11) is 1.68. The second-order valence-corrected chi connectivity index (χ2v) is 5.77. The van der Waals surface area contributed by atoms with Crippen LogP contribution in [0.3, 0.4) is 0 Å². The number of ether oxygens (including phenoxy) is 1. The van der Waals surface area contributed by atoms with E-state index >= 15 is 0 Å². The Morgan fingerprint density at radius 2 is 2.11 bits per heavy atom. The minimum Gasteiger partial charge on any atom is -0.495 e. The predicted molar refractivity (Wildman–Crippen MR) is 81.3 cm³/mol. The highest BCUT2D eigenvalue weighted by Gasteiger charge is 2.21. The summed E-state index contributed by atoms with van der Waals surface area (Å²) in [5.41, 5.74) is 1.37. The van der Waals surface area contributed by atoms with E-state index in [1.54, 1.807) is 7.11 Å². The molecule has 1 N–H and O–H groups in total. The predicted octanol–water partition coefficient (Wildman–Crippen LogP) is 4.37. The summed E-state index contributed by atoms with van der Waals surface area (Å²) in [6.07, 6.45) is 6.44. The lowest BCUT2D eigenvalue weighted by Crippen LogP contribution is -2.29. The van der Waals surface area contributed by atoms with E-state index in [1.807, 2.05) is 6.07 Å². The van der Waals surface area contributed by atoms with Crippen molar-refractivity contribution in [3.8, 4) is 5.75 Å². The molecule has 1 aliphatic rings. The number of benzene rings is 1. The molecule has 1 fully saturated rings. The van der Waals surface area contributed by atoms with Crippen molar-refractivity contribution in [1.82, 2.24) is 5.32 Å². The molecule has 1 aromatic carbocycles. The minimum absolute atomic E-state index is 0.623. The molecule has 2 nitrogen and oxygen atoms in total. The molecule has 3 heteroatoms. The zero-order valence-corrected chi connectivity index (χ0v) is 12.7. The van der Waals surface area contributed by atoms with Crippen molar-refractivity contribution >= 4 is 11.6 Å². The molecule has 2 unspecified atom stereocenters. The molecule has 1 saturated carbocycles. The Kier molecular flexibility index (Phi) is 5.53. The van der Waals surface area contributed by atoms with Gasteiger partial charge in [-0.2, -0.15) is 0 Å². The van der Waals surface area contributed by atoms with E-state index in [9.17, 15) is 0 Å². The molecule has 19 heavy (non-hydrogen) atoms. The SMILES string of the molecule is CCNC1CCCCC(c2ccc(Cl)c(OC)c2)C1. The number of rotatable bonds is 4. The molecule has 0 radical (unpaired) electrons. The summed E-state index contributed by atoms with van der Waals surface area (Å²) in [5, 5.41) is 4.30. The molecule has 2 atom stereocenters. The van der Waals surface area contributed by atoms with E-state index in [0.717, 1.165) is 12.3 Å². The van der Waals surface area contributed by atoms with Gasteiger partial charge < -0.3 is 10.1 Å². The normalized spacial score (nSPS) is 23.9. The largest absolute Gasteiger partial charge is 0.495 e. The van der Waals surface area contributed by atoms with Gasteiger partial charge in [0, 0.05) is 6.04 Å².